The fraction of sp³-hybridized carbons (Fsp3) is 0.381. The summed E-state index contributed by atoms with van der Waals surface area (Å²) in [6, 6.07) is 13.5. The van der Waals surface area contributed by atoms with E-state index in [9.17, 15) is 9.18 Å². The summed E-state index contributed by atoms with van der Waals surface area (Å²) in [5.41, 5.74) is 1.11. The van der Waals surface area contributed by atoms with Crippen molar-refractivity contribution in [2.24, 2.45) is 0 Å². The van der Waals surface area contributed by atoms with Crippen molar-refractivity contribution >= 4 is 17.5 Å². The van der Waals surface area contributed by atoms with E-state index in [-0.39, 0.29) is 30.8 Å². The summed E-state index contributed by atoms with van der Waals surface area (Å²) >= 11 is 6.01. The largest absolute Gasteiger partial charge is 0.493 e. The van der Waals surface area contributed by atoms with Gasteiger partial charge < -0.3 is 14.8 Å². The smallest absolute Gasteiger partial charge is 0.223 e. The Balaban J connectivity index is 1.51. The van der Waals surface area contributed by atoms with Gasteiger partial charge in [0.2, 0.25) is 5.91 Å². The van der Waals surface area contributed by atoms with Gasteiger partial charge in [0.15, 0.2) is 0 Å². The lowest BCUT2D eigenvalue weighted by Crippen LogP contribution is -2.44. The number of nitrogens with zero attached hydrogens (tertiary/aromatic N) is 1. The molecular formula is C21H24ClFN2O3. The van der Waals surface area contributed by atoms with Crippen LogP contribution in [0.3, 0.4) is 0 Å². The number of morpholine rings is 1. The maximum absolute atomic E-state index is 12.9. The molecule has 5 nitrogen and oxygen atoms in total. The molecule has 0 aliphatic carbocycles. The van der Waals surface area contributed by atoms with Gasteiger partial charge in [-0.25, -0.2) is 4.39 Å². The van der Waals surface area contributed by atoms with Gasteiger partial charge in [-0.2, -0.15) is 0 Å². The van der Waals surface area contributed by atoms with Gasteiger partial charge in [0.05, 0.1) is 32.3 Å². The Hall–Kier alpha value is -2.15. The second kappa shape index (κ2) is 10.4. The van der Waals surface area contributed by atoms with Gasteiger partial charge in [-0.15, -0.1) is 0 Å². The summed E-state index contributed by atoms with van der Waals surface area (Å²) in [4.78, 5) is 14.6. The van der Waals surface area contributed by atoms with Crippen LogP contribution in [0.4, 0.5) is 4.39 Å². The molecule has 150 valence electrons. The fourth-order valence-electron chi connectivity index (χ4n) is 3.12. The molecule has 1 unspecified atom stereocenters. The predicted molar refractivity (Wildman–Crippen MR) is 106 cm³/mol. The highest BCUT2D eigenvalue weighted by atomic mass is 35.5. The highest BCUT2D eigenvalue weighted by Gasteiger charge is 2.23. The molecule has 1 saturated heterocycles. The number of ether oxygens (including phenoxy) is 2. The van der Waals surface area contributed by atoms with Crippen LogP contribution in [-0.4, -0.2) is 50.3 Å². The third kappa shape index (κ3) is 6.19. The lowest BCUT2D eigenvalue weighted by atomic mass is 10.0. The fourth-order valence-corrected chi connectivity index (χ4v) is 3.25. The van der Waals surface area contributed by atoms with Crippen LogP contribution in [0.15, 0.2) is 48.5 Å². The average Bonchev–Trinajstić information content (AvgIpc) is 2.72. The zero-order chi connectivity index (χ0) is 19.8. The molecule has 1 aliphatic heterocycles. The van der Waals surface area contributed by atoms with Gasteiger partial charge in [0.1, 0.15) is 11.6 Å². The predicted octanol–water partition coefficient (Wildman–Crippen LogP) is 3.44. The van der Waals surface area contributed by atoms with Gasteiger partial charge in [0.25, 0.3) is 0 Å². The number of hydrogen-bond acceptors (Lipinski definition) is 4. The zero-order valence-corrected chi connectivity index (χ0v) is 16.3. The lowest BCUT2D eigenvalue weighted by Gasteiger charge is -2.35. The summed E-state index contributed by atoms with van der Waals surface area (Å²) in [5.74, 6) is 0.136. The maximum atomic E-state index is 12.9. The molecular weight excluding hydrogens is 383 g/mol. The molecule has 3 rings (SSSR count). The van der Waals surface area contributed by atoms with Gasteiger partial charge in [-0.1, -0.05) is 23.7 Å². The zero-order valence-electron chi connectivity index (χ0n) is 15.6. The van der Waals surface area contributed by atoms with E-state index in [2.05, 4.69) is 10.2 Å². The molecule has 2 aromatic rings. The second-order valence-electron chi connectivity index (χ2n) is 6.57. The van der Waals surface area contributed by atoms with E-state index in [0.29, 0.717) is 30.5 Å². The van der Waals surface area contributed by atoms with Crippen molar-refractivity contribution in [3.63, 3.8) is 0 Å². The van der Waals surface area contributed by atoms with Crippen molar-refractivity contribution in [3.8, 4) is 5.75 Å². The molecule has 1 fully saturated rings. The van der Waals surface area contributed by atoms with Crippen LogP contribution in [-0.2, 0) is 9.53 Å². The quantitative estimate of drug-likeness (QED) is 0.729. The minimum atomic E-state index is -0.318. The molecule has 0 saturated carbocycles. The normalized spacial score (nSPS) is 15.8. The first-order valence-corrected chi connectivity index (χ1v) is 9.72. The van der Waals surface area contributed by atoms with Crippen molar-refractivity contribution in [1.29, 1.82) is 0 Å². The van der Waals surface area contributed by atoms with Crippen LogP contribution in [0.2, 0.25) is 5.02 Å². The Bertz CT molecular complexity index is 749. The molecule has 28 heavy (non-hydrogen) atoms. The number of benzene rings is 2. The SMILES string of the molecule is O=C(CCOc1ccc(F)cc1)NCC(c1ccc(Cl)cc1)N1CCOCC1. The molecule has 1 N–H and O–H groups in total. The van der Waals surface area contributed by atoms with Crippen LogP contribution >= 0.6 is 11.6 Å². The molecule has 1 heterocycles. The average molecular weight is 407 g/mol. The third-order valence-electron chi connectivity index (χ3n) is 4.65. The Morgan fingerprint density at radius 2 is 1.82 bits per heavy atom. The topological polar surface area (TPSA) is 50.8 Å². The first-order chi connectivity index (χ1) is 13.6. The molecule has 7 heteroatoms. The number of nitrogens with one attached hydrogen (secondary N) is 1. The molecule has 2 aromatic carbocycles. The van der Waals surface area contributed by atoms with Crippen molar-refractivity contribution in [3.05, 3.63) is 64.9 Å². The molecule has 1 amide bonds. The van der Waals surface area contributed by atoms with Crippen molar-refractivity contribution in [2.75, 3.05) is 39.5 Å². The van der Waals surface area contributed by atoms with E-state index in [1.165, 1.54) is 12.1 Å². The minimum Gasteiger partial charge on any atom is -0.493 e. The van der Waals surface area contributed by atoms with Crippen LogP contribution in [0.25, 0.3) is 0 Å². The highest BCUT2D eigenvalue weighted by molar-refractivity contribution is 6.30. The van der Waals surface area contributed by atoms with Crippen molar-refractivity contribution in [2.45, 2.75) is 12.5 Å². The van der Waals surface area contributed by atoms with Gasteiger partial charge >= 0.3 is 0 Å². The van der Waals surface area contributed by atoms with Crippen LogP contribution in [0.5, 0.6) is 5.75 Å². The van der Waals surface area contributed by atoms with E-state index < -0.39 is 0 Å². The van der Waals surface area contributed by atoms with Crippen LogP contribution in [0.1, 0.15) is 18.0 Å². The highest BCUT2D eigenvalue weighted by Crippen LogP contribution is 2.23. The Morgan fingerprint density at radius 1 is 1.14 bits per heavy atom. The number of halogens is 2. The van der Waals surface area contributed by atoms with Gasteiger partial charge in [-0.05, 0) is 42.0 Å². The molecule has 0 spiro atoms. The van der Waals surface area contributed by atoms with E-state index in [4.69, 9.17) is 21.1 Å². The molecule has 1 aliphatic rings. The van der Waals surface area contributed by atoms with E-state index in [1.54, 1.807) is 12.1 Å². The number of amides is 1. The van der Waals surface area contributed by atoms with Crippen molar-refractivity contribution in [1.82, 2.24) is 10.2 Å². The van der Waals surface area contributed by atoms with E-state index in [1.807, 2.05) is 24.3 Å². The van der Waals surface area contributed by atoms with Crippen LogP contribution < -0.4 is 10.1 Å². The van der Waals surface area contributed by atoms with E-state index >= 15 is 0 Å². The number of carbonyl (C=O) groups is 1. The summed E-state index contributed by atoms with van der Waals surface area (Å²) in [7, 11) is 0. The third-order valence-corrected chi connectivity index (χ3v) is 4.90. The number of rotatable bonds is 8. The first kappa shape index (κ1) is 20.6. The second-order valence-corrected chi connectivity index (χ2v) is 7.01. The standard InChI is InChI=1S/C21H24ClFN2O3/c22-17-3-1-16(2-4-17)20(25-10-13-27-14-11-25)15-24-21(26)9-12-28-19-7-5-18(23)6-8-19/h1-8,20H,9-15H2,(H,24,26). The van der Waals surface area contributed by atoms with E-state index in [0.717, 1.165) is 18.7 Å². The Labute approximate surface area is 169 Å². The molecule has 0 bridgehead atoms. The minimum absolute atomic E-state index is 0.0585. The van der Waals surface area contributed by atoms with Crippen LogP contribution in [0, 0.1) is 5.82 Å². The summed E-state index contributed by atoms with van der Waals surface area (Å²) in [5, 5.41) is 3.68. The summed E-state index contributed by atoms with van der Waals surface area (Å²) < 4.78 is 23.8. The van der Waals surface area contributed by atoms with Gasteiger partial charge in [0, 0.05) is 24.7 Å². The number of hydrogen-bond donors (Lipinski definition) is 1. The Kier molecular flexibility index (Phi) is 7.65. The Morgan fingerprint density at radius 3 is 2.50 bits per heavy atom. The summed E-state index contributed by atoms with van der Waals surface area (Å²) in [6.45, 7) is 3.73. The first-order valence-electron chi connectivity index (χ1n) is 9.34. The summed E-state index contributed by atoms with van der Waals surface area (Å²) in [6.07, 6.45) is 0.230. The molecule has 0 aromatic heterocycles. The molecule has 0 radical (unpaired) electrons. The molecule has 1 atom stereocenters. The maximum Gasteiger partial charge on any atom is 0.223 e. The lowest BCUT2D eigenvalue weighted by molar-refractivity contribution is -0.121. The van der Waals surface area contributed by atoms with Crippen molar-refractivity contribution < 1.29 is 18.7 Å². The number of carbonyl (C=O) groups excluding carboxylic acids is 1. The monoisotopic (exact) mass is 406 g/mol. The van der Waals surface area contributed by atoms with Gasteiger partial charge in [-0.3, -0.25) is 9.69 Å².